The summed E-state index contributed by atoms with van der Waals surface area (Å²) in [5.41, 5.74) is 1.28. The summed E-state index contributed by atoms with van der Waals surface area (Å²) in [6.07, 6.45) is 0. The molecule has 7 nitrogen and oxygen atoms in total. The highest BCUT2D eigenvalue weighted by molar-refractivity contribution is 7.16. The number of ether oxygens (including phenoxy) is 4. The molecule has 3 aromatic rings. The first-order valence-electron chi connectivity index (χ1n) is 8.58. The summed E-state index contributed by atoms with van der Waals surface area (Å²) in [5, 5.41) is 0. The van der Waals surface area contributed by atoms with E-state index in [0.29, 0.717) is 35.0 Å². The van der Waals surface area contributed by atoms with E-state index in [2.05, 4.69) is 4.99 Å². The molecule has 1 aromatic heterocycles. The summed E-state index contributed by atoms with van der Waals surface area (Å²) in [4.78, 5) is 17.8. The van der Waals surface area contributed by atoms with E-state index in [9.17, 15) is 4.79 Å². The van der Waals surface area contributed by atoms with E-state index in [-0.39, 0.29) is 5.91 Å². The number of amides is 1. The molecule has 0 radical (unpaired) electrons. The number of nitrogens with zero attached hydrogens (tertiary/aromatic N) is 2. The van der Waals surface area contributed by atoms with E-state index in [4.69, 9.17) is 18.9 Å². The monoisotopic (exact) mass is 402 g/mol. The maximum atomic E-state index is 12.9. The highest BCUT2D eigenvalue weighted by atomic mass is 32.1. The lowest BCUT2D eigenvalue weighted by Crippen LogP contribution is -2.19. The number of carbonyl (C=O) groups is 1. The summed E-state index contributed by atoms with van der Waals surface area (Å²) in [7, 11) is 6.34. The minimum absolute atomic E-state index is 0.381. The highest BCUT2D eigenvalue weighted by Gasteiger charge is 2.14. The van der Waals surface area contributed by atoms with Gasteiger partial charge < -0.3 is 23.5 Å². The number of rotatable bonds is 7. The molecule has 148 valence electrons. The number of benzene rings is 2. The Morgan fingerprint density at radius 1 is 1.04 bits per heavy atom. The molecule has 28 heavy (non-hydrogen) atoms. The highest BCUT2D eigenvalue weighted by Crippen LogP contribution is 2.27. The van der Waals surface area contributed by atoms with Crippen molar-refractivity contribution in [3.05, 3.63) is 46.8 Å². The van der Waals surface area contributed by atoms with Gasteiger partial charge in [0.2, 0.25) is 0 Å². The van der Waals surface area contributed by atoms with Crippen LogP contribution in [0, 0.1) is 0 Å². The van der Waals surface area contributed by atoms with Gasteiger partial charge in [0.1, 0.15) is 22.8 Å². The average Bonchev–Trinajstić information content (AvgIpc) is 3.08. The van der Waals surface area contributed by atoms with Crippen LogP contribution < -0.4 is 19.0 Å². The lowest BCUT2D eigenvalue weighted by atomic mass is 10.2. The summed E-state index contributed by atoms with van der Waals surface area (Å²) in [6, 6.07) is 10.8. The molecule has 2 aromatic carbocycles. The van der Waals surface area contributed by atoms with Crippen molar-refractivity contribution in [2.24, 2.45) is 4.99 Å². The Morgan fingerprint density at radius 2 is 1.75 bits per heavy atom. The Hall–Kier alpha value is -2.84. The maximum Gasteiger partial charge on any atom is 0.279 e. The van der Waals surface area contributed by atoms with Crippen LogP contribution >= 0.6 is 11.3 Å². The van der Waals surface area contributed by atoms with Crippen molar-refractivity contribution in [1.29, 1.82) is 0 Å². The molecule has 0 aliphatic carbocycles. The molecular formula is C20H22N2O5S. The van der Waals surface area contributed by atoms with Gasteiger partial charge in [0.25, 0.3) is 5.91 Å². The van der Waals surface area contributed by atoms with Gasteiger partial charge in [0.15, 0.2) is 4.80 Å². The van der Waals surface area contributed by atoms with Crippen molar-refractivity contribution in [2.75, 3.05) is 35.0 Å². The zero-order valence-corrected chi connectivity index (χ0v) is 17.0. The quantitative estimate of drug-likeness (QED) is 0.607. The van der Waals surface area contributed by atoms with Crippen LogP contribution in [0.4, 0.5) is 0 Å². The van der Waals surface area contributed by atoms with Crippen molar-refractivity contribution in [1.82, 2.24) is 4.57 Å². The Bertz CT molecular complexity index is 1030. The zero-order chi connectivity index (χ0) is 20.1. The Labute approximate surface area is 166 Å². The van der Waals surface area contributed by atoms with Gasteiger partial charge in [-0.05, 0) is 24.3 Å². The number of methoxy groups -OCH3 is 4. The topological polar surface area (TPSA) is 71.3 Å². The Balaban J connectivity index is 2.14. The largest absolute Gasteiger partial charge is 0.497 e. The van der Waals surface area contributed by atoms with Crippen LogP contribution in [0.5, 0.6) is 17.2 Å². The number of aromatic nitrogens is 1. The molecule has 0 aliphatic rings. The summed E-state index contributed by atoms with van der Waals surface area (Å²) in [6.45, 7) is 1.03. The Morgan fingerprint density at radius 3 is 2.36 bits per heavy atom. The third-order valence-electron chi connectivity index (χ3n) is 4.20. The predicted molar refractivity (Wildman–Crippen MR) is 108 cm³/mol. The van der Waals surface area contributed by atoms with Crippen LogP contribution in [0.1, 0.15) is 10.4 Å². The number of carbonyl (C=O) groups excluding carboxylic acids is 1. The molecule has 0 atom stereocenters. The number of thiazole rings is 1. The molecule has 0 fully saturated rings. The van der Waals surface area contributed by atoms with Crippen LogP contribution in [0.2, 0.25) is 0 Å². The second-order valence-electron chi connectivity index (χ2n) is 5.85. The van der Waals surface area contributed by atoms with E-state index in [1.54, 1.807) is 32.4 Å². The molecule has 1 heterocycles. The minimum Gasteiger partial charge on any atom is -0.497 e. The minimum atomic E-state index is -0.381. The van der Waals surface area contributed by atoms with Crippen molar-refractivity contribution in [2.45, 2.75) is 6.54 Å². The molecular weight excluding hydrogens is 380 g/mol. The summed E-state index contributed by atoms with van der Waals surface area (Å²) in [5.74, 6) is 1.40. The molecule has 0 N–H and O–H groups in total. The molecule has 1 amide bonds. The molecule has 0 spiro atoms. The first-order valence-corrected chi connectivity index (χ1v) is 9.40. The van der Waals surface area contributed by atoms with E-state index in [1.807, 2.05) is 22.8 Å². The SMILES string of the molecule is COCCn1c(=NC(=O)c2cc(OC)cc(OC)c2)sc2cccc(OC)c21. The van der Waals surface area contributed by atoms with Gasteiger partial charge in [-0.1, -0.05) is 17.4 Å². The molecule has 0 aliphatic heterocycles. The van der Waals surface area contributed by atoms with Gasteiger partial charge in [0, 0.05) is 25.3 Å². The van der Waals surface area contributed by atoms with Gasteiger partial charge in [-0.2, -0.15) is 4.99 Å². The molecule has 0 saturated heterocycles. The molecule has 0 bridgehead atoms. The average molecular weight is 402 g/mol. The van der Waals surface area contributed by atoms with Gasteiger partial charge in [-0.25, -0.2) is 0 Å². The fraction of sp³-hybridized carbons (Fsp3) is 0.300. The predicted octanol–water partition coefficient (Wildman–Crippen LogP) is 3.12. The third-order valence-corrected chi connectivity index (χ3v) is 5.24. The van der Waals surface area contributed by atoms with Crippen LogP contribution in [-0.4, -0.2) is 45.5 Å². The van der Waals surface area contributed by atoms with Crippen LogP contribution in [0.15, 0.2) is 41.4 Å². The first kappa shape index (κ1) is 19.9. The standard InChI is InChI=1S/C20H22N2O5S/c1-24-9-8-22-18-16(27-4)6-5-7-17(18)28-20(22)21-19(23)13-10-14(25-2)12-15(11-13)26-3/h5-7,10-12H,8-9H2,1-4H3. The number of hydrogen-bond acceptors (Lipinski definition) is 6. The second-order valence-corrected chi connectivity index (χ2v) is 6.86. The van der Waals surface area contributed by atoms with Crippen LogP contribution in [0.3, 0.4) is 0 Å². The van der Waals surface area contributed by atoms with Gasteiger partial charge in [-0.3, -0.25) is 4.79 Å². The molecule has 0 unspecified atom stereocenters. The zero-order valence-electron chi connectivity index (χ0n) is 16.2. The number of hydrogen-bond donors (Lipinski definition) is 0. The van der Waals surface area contributed by atoms with Crippen molar-refractivity contribution < 1.29 is 23.7 Å². The normalized spacial score (nSPS) is 11.6. The third kappa shape index (κ3) is 4.02. The van der Waals surface area contributed by atoms with Crippen LogP contribution in [-0.2, 0) is 11.3 Å². The summed E-state index contributed by atoms with van der Waals surface area (Å²) < 4.78 is 24.1. The fourth-order valence-electron chi connectivity index (χ4n) is 2.82. The van der Waals surface area contributed by atoms with Crippen LogP contribution in [0.25, 0.3) is 10.2 Å². The molecule has 8 heteroatoms. The lowest BCUT2D eigenvalue weighted by Gasteiger charge is -2.08. The van der Waals surface area contributed by atoms with Gasteiger partial charge >= 0.3 is 0 Å². The van der Waals surface area contributed by atoms with E-state index >= 15 is 0 Å². The fourth-order valence-corrected chi connectivity index (χ4v) is 3.89. The number of para-hydroxylation sites is 1. The van der Waals surface area contributed by atoms with Crippen molar-refractivity contribution in [3.63, 3.8) is 0 Å². The first-order chi connectivity index (χ1) is 13.6. The molecule has 0 saturated carbocycles. The summed E-state index contributed by atoms with van der Waals surface area (Å²) >= 11 is 1.42. The maximum absolute atomic E-state index is 12.9. The van der Waals surface area contributed by atoms with Gasteiger partial charge in [0.05, 0.1) is 32.6 Å². The van der Waals surface area contributed by atoms with E-state index in [1.165, 1.54) is 25.6 Å². The number of fused-ring (bicyclic) bond motifs is 1. The smallest absolute Gasteiger partial charge is 0.279 e. The Kier molecular flexibility index (Phi) is 6.33. The van der Waals surface area contributed by atoms with E-state index in [0.717, 1.165) is 16.0 Å². The lowest BCUT2D eigenvalue weighted by molar-refractivity contribution is 0.0996. The van der Waals surface area contributed by atoms with Crippen molar-refractivity contribution in [3.8, 4) is 17.2 Å². The second kappa shape index (κ2) is 8.90. The van der Waals surface area contributed by atoms with Gasteiger partial charge in [-0.15, -0.1) is 0 Å². The van der Waals surface area contributed by atoms with E-state index < -0.39 is 0 Å². The molecule has 3 rings (SSSR count). The van der Waals surface area contributed by atoms with Crippen molar-refractivity contribution >= 4 is 27.5 Å².